The van der Waals surface area contributed by atoms with Gasteiger partial charge < -0.3 is 10.4 Å². The van der Waals surface area contributed by atoms with Crippen LogP contribution in [0, 0.1) is 11.8 Å². The Hall–Kier alpha value is -2.10. The van der Waals surface area contributed by atoms with Crippen molar-refractivity contribution >= 4 is 17.6 Å². The lowest BCUT2D eigenvalue weighted by molar-refractivity contribution is -0.141. The fourth-order valence-electron chi connectivity index (χ4n) is 2.48. The van der Waals surface area contributed by atoms with Crippen LogP contribution in [0.5, 0.6) is 0 Å². The highest BCUT2D eigenvalue weighted by Crippen LogP contribution is 2.21. The number of hydrogen-bond donors (Lipinski definition) is 2. The number of allylic oxidation sites excluding steroid dienone is 2. The van der Waals surface area contributed by atoms with E-state index in [0.29, 0.717) is 18.8 Å². The summed E-state index contributed by atoms with van der Waals surface area (Å²) in [6.45, 7) is 1.69. The molecule has 1 aliphatic carbocycles. The Morgan fingerprint density at radius 3 is 2.62 bits per heavy atom. The van der Waals surface area contributed by atoms with E-state index in [1.54, 1.807) is 6.92 Å². The molecule has 21 heavy (non-hydrogen) atoms. The third-order valence-electron chi connectivity index (χ3n) is 3.76. The summed E-state index contributed by atoms with van der Waals surface area (Å²) in [5, 5.41) is 11.8. The van der Waals surface area contributed by atoms with E-state index in [4.69, 9.17) is 5.11 Å². The summed E-state index contributed by atoms with van der Waals surface area (Å²) >= 11 is 0. The second-order valence-electron chi connectivity index (χ2n) is 5.66. The van der Waals surface area contributed by atoms with Crippen LogP contribution in [0.1, 0.15) is 31.7 Å². The molecule has 112 valence electrons. The Kier molecular flexibility index (Phi) is 5.14. The number of nitrogens with one attached hydrogen (secondary N) is 1. The summed E-state index contributed by atoms with van der Waals surface area (Å²) in [7, 11) is 0. The molecule has 1 aliphatic rings. The van der Waals surface area contributed by atoms with Gasteiger partial charge in [-0.05, 0) is 42.9 Å². The largest absolute Gasteiger partial charge is 0.481 e. The van der Waals surface area contributed by atoms with Crippen molar-refractivity contribution in [2.24, 2.45) is 11.8 Å². The zero-order valence-corrected chi connectivity index (χ0v) is 12.2. The van der Waals surface area contributed by atoms with Crippen LogP contribution in [0.3, 0.4) is 0 Å². The molecule has 4 heteroatoms. The molecule has 2 atom stereocenters. The Morgan fingerprint density at radius 1 is 1.33 bits per heavy atom. The average Bonchev–Trinajstić information content (AvgIpc) is 2.93. The van der Waals surface area contributed by atoms with Gasteiger partial charge in [-0.25, -0.2) is 0 Å². The Bertz CT molecular complexity index is 533. The maximum absolute atomic E-state index is 11.9. The fourth-order valence-corrected chi connectivity index (χ4v) is 2.48. The van der Waals surface area contributed by atoms with Gasteiger partial charge >= 0.3 is 5.97 Å². The van der Waals surface area contributed by atoms with E-state index in [-0.39, 0.29) is 5.91 Å². The first-order valence-electron chi connectivity index (χ1n) is 7.33. The highest BCUT2D eigenvalue weighted by molar-refractivity contribution is 5.91. The number of carboxylic acids is 1. The predicted molar refractivity (Wildman–Crippen MR) is 82.1 cm³/mol. The van der Waals surface area contributed by atoms with Crippen molar-refractivity contribution < 1.29 is 14.7 Å². The number of carboxylic acid groups (broad SMARTS) is 1. The van der Waals surface area contributed by atoms with Crippen LogP contribution in [0.15, 0.2) is 36.4 Å². The van der Waals surface area contributed by atoms with Crippen LogP contribution < -0.4 is 5.32 Å². The molecule has 0 heterocycles. The quantitative estimate of drug-likeness (QED) is 0.789. The van der Waals surface area contributed by atoms with Gasteiger partial charge in [0.2, 0.25) is 5.91 Å². The van der Waals surface area contributed by atoms with Crippen molar-refractivity contribution in [3.8, 4) is 0 Å². The second kappa shape index (κ2) is 7.07. The van der Waals surface area contributed by atoms with Gasteiger partial charge in [0.05, 0.1) is 5.92 Å². The molecule has 1 amide bonds. The Morgan fingerprint density at radius 2 is 2.05 bits per heavy atom. The number of amides is 1. The van der Waals surface area contributed by atoms with E-state index in [2.05, 4.69) is 17.5 Å². The smallest absolute Gasteiger partial charge is 0.306 e. The minimum atomic E-state index is -0.794. The standard InChI is InChI=1S/C17H21NO3/c1-12(17(20)21)10-14-6-8-15(9-7-14)18-16(19)11-13-4-2-3-5-13/h2,4,6-9,12-13H,3,5,10-11H2,1H3,(H,18,19)(H,20,21). The minimum absolute atomic E-state index is 0.0261. The zero-order chi connectivity index (χ0) is 15.2. The van der Waals surface area contributed by atoms with Gasteiger partial charge in [-0.15, -0.1) is 0 Å². The zero-order valence-electron chi connectivity index (χ0n) is 12.2. The van der Waals surface area contributed by atoms with Crippen LogP contribution in [0.4, 0.5) is 5.69 Å². The summed E-state index contributed by atoms with van der Waals surface area (Å²) < 4.78 is 0. The molecule has 1 aromatic rings. The number of rotatable bonds is 6. The highest BCUT2D eigenvalue weighted by atomic mass is 16.4. The van der Waals surface area contributed by atoms with Crippen LogP contribution in [0.25, 0.3) is 0 Å². The van der Waals surface area contributed by atoms with Gasteiger partial charge in [0, 0.05) is 12.1 Å². The first-order chi connectivity index (χ1) is 10.0. The van der Waals surface area contributed by atoms with E-state index < -0.39 is 11.9 Å². The van der Waals surface area contributed by atoms with Crippen molar-refractivity contribution in [1.29, 1.82) is 0 Å². The lowest BCUT2D eigenvalue weighted by Gasteiger charge is -2.10. The molecule has 0 radical (unpaired) electrons. The number of aliphatic carboxylic acids is 1. The molecule has 2 rings (SSSR count). The number of anilines is 1. The van der Waals surface area contributed by atoms with Crippen LogP contribution in [-0.4, -0.2) is 17.0 Å². The Labute approximate surface area is 124 Å². The van der Waals surface area contributed by atoms with E-state index in [0.717, 1.165) is 24.1 Å². The molecule has 0 saturated carbocycles. The third kappa shape index (κ3) is 4.74. The molecule has 0 aromatic heterocycles. The van der Waals surface area contributed by atoms with Gasteiger partial charge in [-0.3, -0.25) is 9.59 Å². The van der Waals surface area contributed by atoms with Crippen molar-refractivity contribution in [2.75, 3.05) is 5.32 Å². The number of hydrogen-bond acceptors (Lipinski definition) is 2. The summed E-state index contributed by atoms with van der Waals surface area (Å²) in [5.74, 6) is -0.810. The molecule has 1 aromatic carbocycles. The van der Waals surface area contributed by atoms with E-state index in [1.165, 1.54) is 0 Å². The van der Waals surface area contributed by atoms with Crippen molar-refractivity contribution in [3.63, 3.8) is 0 Å². The van der Waals surface area contributed by atoms with Gasteiger partial charge in [-0.2, -0.15) is 0 Å². The summed E-state index contributed by atoms with van der Waals surface area (Å²) in [5.41, 5.74) is 1.72. The summed E-state index contributed by atoms with van der Waals surface area (Å²) in [4.78, 5) is 22.7. The van der Waals surface area contributed by atoms with Crippen LogP contribution in [-0.2, 0) is 16.0 Å². The third-order valence-corrected chi connectivity index (χ3v) is 3.76. The maximum Gasteiger partial charge on any atom is 0.306 e. The van der Waals surface area contributed by atoms with Gasteiger partial charge in [0.25, 0.3) is 0 Å². The van der Waals surface area contributed by atoms with Crippen molar-refractivity contribution in [3.05, 3.63) is 42.0 Å². The lowest BCUT2D eigenvalue weighted by atomic mass is 10.0. The molecule has 0 aliphatic heterocycles. The van der Waals surface area contributed by atoms with Crippen molar-refractivity contribution in [2.45, 2.75) is 32.6 Å². The average molecular weight is 287 g/mol. The lowest BCUT2D eigenvalue weighted by Crippen LogP contribution is -2.15. The number of benzene rings is 1. The van der Waals surface area contributed by atoms with Gasteiger partial charge in [-0.1, -0.05) is 31.2 Å². The molecule has 0 fully saturated rings. The molecule has 0 saturated heterocycles. The van der Waals surface area contributed by atoms with E-state index in [9.17, 15) is 9.59 Å². The minimum Gasteiger partial charge on any atom is -0.481 e. The van der Waals surface area contributed by atoms with Crippen LogP contribution in [0.2, 0.25) is 0 Å². The topological polar surface area (TPSA) is 66.4 Å². The molecule has 0 bridgehead atoms. The van der Waals surface area contributed by atoms with E-state index in [1.807, 2.05) is 24.3 Å². The van der Waals surface area contributed by atoms with Gasteiger partial charge in [0.15, 0.2) is 0 Å². The fraction of sp³-hybridized carbons (Fsp3) is 0.412. The first-order valence-corrected chi connectivity index (χ1v) is 7.33. The number of carbonyl (C=O) groups is 2. The first kappa shape index (κ1) is 15.3. The van der Waals surface area contributed by atoms with Crippen molar-refractivity contribution in [1.82, 2.24) is 0 Å². The SMILES string of the molecule is CC(Cc1ccc(NC(=O)CC2C=CCC2)cc1)C(=O)O. The molecular formula is C17H21NO3. The normalized spacial score (nSPS) is 18.4. The molecular weight excluding hydrogens is 266 g/mol. The van der Waals surface area contributed by atoms with E-state index >= 15 is 0 Å². The number of carbonyl (C=O) groups excluding carboxylic acids is 1. The molecule has 2 N–H and O–H groups in total. The summed E-state index contributed by atoms with van der Waals surface area (Å²) in [6, 6.07) is 7.38. The highest BCUT2D eigenvalue weighted by Gasteiger charge is 2.14. The Balaban J connectivity index is 1.85. The molecule has 4 nitrogen and oxygen atoms in total. The summed E-state index contributed by atoms with van der Waals surface area (Å²) in [6.07, 6.45) is 7.37. The maximum atomic E-state index is 11.9. The van der Waals surface area contributed by atoms with Gasteiger partial charge in [0.1, 0.15) is 0 Å². The predicted octanol–water partition coefficient (Wildman–Crippen LogP) is 3.24. The van der Waals surface area contributed by atoms with Crippen LogP contribution >= 0.6 is 0 Å². The monoisotopic (exact) mass is 287 g/mol. The molecule has 0 spiro atoms. The second-order valence-corrected chi connectivity index (χ2v) is 5.66. The molecule has 2 unspecified atom stereocenters.